The van der Waals surface area contributed by atoms with Crippen molar-refractivity contribution in [3.8, 4) is 22.8 Å². The summed E-state index contributed by atoms with van der Waals surface area (Å²) in [4.78, 5) is 17.5. The summed E-state index contributed by atoms with van der Waals surface area (Å²) >= 11 is 1.31. The molecule has 0 fully saturated rings. The highest BCUT2D eigenvalue weighted by atomic mass is 32.1. The minimum absolute atomic E-state index is 0.127. The second-order valence-corrected chi connectivity index (χ2v) is 9.72. The molecule has 0 atom stereocenters. The molecule has 0 unspecified atom stereocenters. The number of aryl methyl sites for hydroxylation is 1. The molecule has 0 aliphatic heterocycles. The maximum atomic E-state index is 14.8. The number of anilines is 2. The van der Waals surface area contributed by atoms with Gasteiger partial charge in [0.25, 0.3) is 5.91 Å². The van der Waals surface area contributed by atoms with Crippen LogP contribution in [0.3, 0.4) is 0 Å². The van der Waals surface area contributed by atoms with Gasteiger partial charge < -0.3 is 24.8 Å². The van der Waals surface area contributed by atoms with E-state index in [1.807, 2.05) is 26.2 Å². The first kappa shape index (κ1) is 29.1. The molecule has 2 heterocycles. The average Bonchev–Trinajstić information content (AvgIpc) is 3.43. The first-order chi connectivity index (χ1) is 19.4. The molecule has 2 aromatic heterocycles. The molecule has 1 amide bonds. The molecular weight excluding hydrogens is 536 g/mol. The van der Waals surface area contributed by atoms with Crippen LogP contribution in [0.4, 0.5) is 20.2 Å². The van der Waals surface area contributed by atoms with Gasteiger partial charge >= 0.3 is 0 Å². The zero-order chi connectivity index (χ0) is 28.5. The average molecular weight is 568 g/mol. The van der Waals surface area contributed by atoms with Gasteiger partial charge in [-0.1, -0.05) is 6.07 Å². The van der Waals surface area contributed by atoms with Crippen LogP contribution in [0.1, 0.15) is 35.5 Å². The van der Waals surface area contributed by atoms with Crippen molar-refractivity contribution in [3.63, 3.8) is 0 Å². The summed E-state index contributed by atoms with van der Waals surface area (Å²) in [6.45, 7) is 7.12. The Labute approximate surface area is 236 Å². The molecule has 10 heteroatoms. The molecule has 7 nitrogen and oxygen atoms in total. The first-order valence-electron chi connectivity index (χ1n) is 12.9. The predicted octanol–water partition coefficient (Wildman–Crippen LogP) is 7.45. The van der Waals surface area contributed by atoms with Crippen LogP contribution in [-0.2, 0) is 9.47 Å². The van der Waals surface area contributed by atoms with Crippen molar-refractivity contribution >= 4 is 28.6 Å². The van der Waals surface area contributed by atoms with Gasteiger partial charge in [-0.15, -0.1) is 11.3 Å². The Kier molecular flexibility index (Phi) is 10.2. The highest BCUT2D eigenvalue weighted by Gasteiger charge is 2.14. The molecule has 0 aliphatic carbocycles. The molecule has 0 radical (unpaired) electrons. The number of benzene rings is 2. The van der Waals surface area contributed by atoms with E-state index < -0.39 is 11.6 Å². The number of carbonyl (C=O) groups is 1. The summed E-state index contributed by atoms with van der Waals surface area (Å²) in [5, 5.41) is 7.52. The first-order valence-corrected chi connectivity index (χ1v) is 13.8. The van der Waals surface area contributed by atoms with E-state index in [1.54, 1.807) is 42.6 Å². The van der Waals surface area contributed by atoms with Gasteiger partial charge in [0.2, 0.25) is 0 Å². The summed E-state index contributed by atoms with van der Waals surface area (Å²) < 4.78 is 45.7. The second-order valence-electron chi connectivity index (χ2n) is 8.81. The molecule has 0 aliphatic rings. The number of amides is 1. The Morgan fingerprint density at radius 1 is 0.950 bits per heavy atom. The van der Waals surface area contributed by atoms with E-state index in [-0.39, 0.29) is 29.3 Å². The van der Waals surface area contributed by atoms with Gasteiger partial charge in [-0.05, 0) is 62.7 Å². The number of hydrogen-bond donors (Lipinski definition) is 2. The highest BCUT2D eigenvalue weighted by molar-refractivity contribution is 7.12. The van der Waals surface area contributed by atoms with Crippen molar-refractivity contribution in [1.82, 2.24) is 10.3 Å². The predicted molar refractivity (Wildman–Crippen MR) is 152 cm³/mol. The molecule has 4 rings (SSSR count). The van der Waals surface area contributed by atoms with Crippen LogP contribution < -0.4 is 15.4 Å². The molecule has 2 aromatic carbocycles. The Morgan fingerprint density at radius 2 is 1.73 bits per heavy atom. The maximum absolute atomic E-state index is 14.8. The number of hydrogen-bond acceptors (Lipinski definition) is 7. The molecule has 0 saturated carbocycles. The highest BCUT2D eigenvalue weighted by Crippen LogP contribution is 2.31. The third-order valence-electron chi connectivity index (χ3n) is 5.79. The van der Waals surface area contributed by atoms with E-state index in [2.05, 4.69) is 15.6 Å². The number of thiophene rings is 1. The summed E-state index contributed by atoms with van der Waals surface area (Å²) in [5.41, 5.74) is 2.53. The summed E-state index contributed by atoms with van der Waals surface area (Å²) in [6.07, 6.45) is 1.78. The lowest BCUT2D eigenvalue weighted by Gasteiger charge is -2.16. The van der Waals surface area contributed by atoms with Crippen molar-refractivity contribution in [2.24, 2.45) is 0 Å². The van der Waals surface area contributed by atoms with Crippen LogP contribution in [-0.4, -0.2) is 36.9 Å². The summed E-state index contributed by atoms with van der Waals surface area (Å²) in [6, 6.07) is 14.0. The Hall–Kier alpha value is -3.86. The van der Waals surface area contributed by atoms with E-state index >= 15 is 0 Å². The van der Waals surface area contributed by atoms with Crippen LogP contribution in [0.5, 0.6) is 11.5 Å². The minimum atomic E-state index is -0.588. The Bertz CT molecular complexity index is 1440. The van der Waals surface area contributed by atoms with Crippen LogP contribution in [0.25, 0.3) is 11.3 Å². The minimum Gasteiger partial charge on any atom is -0.457 e. The quantitative estimate of drug-likeness (QED) is 0.163. The van der Waals surface area contributed by atoms with E-state index in [0.29, 0.717) is 42.5 Å². The van der Waals surface area contributed by atoms with Gasteiger partial charge in [-0.25, -0.2) is 8.78 Å². The number of nitrogens with one attached hydrogen (secondary N) is 2. The van der Waals surface area contributed by atoms with Crippen molar-refractivity contribution in [1.29, 1.82) is 0 Å². The SMILES string of the molecule is CCOC(CCNC(=O)c1cc(-c2cc(Oc3ccc(Nc4cc(C)ccc4F)c(F)c3)ccn2)cs1)OCC. The normalized spacial score (nSPS) is 11.1. The van der Waals surface area contributed by atoms with E-state index in [4.69, 9.17) is 14.2 Å². The molecule has 0 spiro atoms. The number of rotatable bonds is 13. The fraction of sp³-hybridized carbons (Fsp3) is 0.267. The zero-order valence-corrected chi connectivity index (χ0v) is 23.3. The van der Waals surface area contributed by atoms with Gasteiger partial charge in [0, 0.05) is 55.5 Å². The monoisotopic (exact) mass is 567 g/mol. The lowest BCUT2D eigenvalue weighted by atomic mass is 10.2. The summed E-state index contributed by atoms with van der Waals surface area (Å²) in [7, 11) is 0. The number of aromatic nitrogens is 1. The number of ether oxygens (including phenoxy) is 3. The standard InChI is InChI=1S/C30H31F2N3O4S/c1-4-37-29(38-5-2)11-13-34-30(36)28-15-20(18-40-28)26-17-22(10-12-33-26)39-21-7-9-25(24(32)16-21)35-27-14-19(3)6-8-23(27)31/h6-10,12,14-18,29,35H,4-5,11,13H2,1-3H3,(H,34,36). The molecule has 4 aromatic rings. The molecule has 0 bridgehead atoms. The van der Waals surface area contributed by atoms with Crippen LogP contribution in [0, 0.1) is 18.6 Å². The van der Waals surface area contributed by atoms with Crippen molar-refractivity contribution in [2.75, 3.05) is 25.1 Å². The van der Waals surface area contributed by atoms with E-state index in [0.717, 1.165) is 11.1 Å². The molecule has 40 heavy (non-hydrogen) atoms. The molecule has 2 N–H and O–H groups in total. The van der Waals surface area contributed by atoms with Crippen LogP contribution in [0.2, 0.25) is 0 Å². The van der Waals surface area contributed by atoms with Gasteiger partial charge in [0.15, 0.2) is 6.29 Å². The lowest BCUT2D eigenvalue weighted by molar-refractivity contribution is -0.138. The van der Waals surface area contributed by atoms with Gasteiger partial charge in [-0.3, -0.25) is 9.78 Å². The van der Waals surface area contributed by atoms with Crippen molar-refractivity contribution < 1.29 is 27.8 Å². The van der Waals surface area contributed by atoms with Crippen molar-refractivity contribution in [3.05, 3.63) is 88.2 Å². The van der Waals surface area contributed by atoms with E-state index in [9.17, 15) is 13.6 Å². The maximum Gasteiger partial charge on any atom is 0.261 e. The topological polar surface area (TPSA) is 81.7 Å². The smallest absolute Gasteiger partial charge is 0.261 e. The lowest BCUT2D eigenvalue weighted by Crippen LogP contribution is -2.28. The Balaban J connectivity index is 1.38. The third kappa shape index (κ3) is 7.84. The van der Waals surface area contributed by atoms with Crippen LogP contribution >= 0.6 is 11.3 Å². The second kappa shape index (κ2) is 14.0. The fourth-order valence-corrected chi connectivity index (χ4v) is 4.69. The van der Waals surface area contributed by atoms with Gasteiger partial charge in [0.05, 0.1) is 21.9 Å². The Morgan fingerprint density at radius 3 is 2.48 bits per heavy atom. The number of pyridine rings is 1. The molecule has 0 saturated heterocycles. The van der Waals surface area contributed by atoms with Gasteiger partial charge in [-0.2, -0.15) is 0 Å². The number of halogens is 2. The summed E-state index contributed by atoms with van der Waals surface area (Å²) in [5.74, 6) is -0.529. The van der Waals surface area contributed by atoms with Crippen LogP contribution in [0.15, 0.2) is 66.2 Å². The van der Waals surface area contributed by atoms with E-state index in [1.165, 1.54) is 29.5 Å². The number of nitrogens with zero attached hydrogens (tertiary/aromatic N) is 1. The molecule has 210 valence electrons. The third-order valence-corrected chi connectivity index (χ3v) is 6.72. The number of carbonyl (C=O) groups excluding carboxylic acids is 1. The van der Waals surface area contributed by atoms with Gasteiger partial charge in [0.1, 0.15) is 23.1 Å². The zero-order valence-electron chi connectivity index (χ0n) is 22.5. The fourth-order valence-electron chi connectivity index (χ4n) is 3.88. The largest absolute Gasteiger partial charge is 0.457 e. The molecular formula is C30H31F2N3O4S. The van der Waals surface area contributed by atoms with Crippen molar-refractivity contribution in [2.45, 2.75) is 33.5 Å².